The summed E-state index contributed by atoms with van der Waals surface area (Å²) in [6.45, 7) is 3.92. The topological polar surface area (TPSA) is 59.8 Å². The number of benzene rings is 1. The zero-order valence-corrected chi connectivity index (χ0v) is 15.4. The number of carbonyl (C=O) groups is 2. The Balaban J connectivity index is 1.81. The number of hydrogen-bond acceptors (Lipinski definition) is 3. The molecule has 1 heterocycles. The summed E-state index contributed by atoms with van der Waals surface area (Å²) >= 11 is 11.9. The zero-order chi connectivity index (χ0) is 17.7. The molecule has 1 amide bonds. The van der Waals surface area contributed by atoms with E-state index in [1.807, 2.05) is 13.0 Å². The van der Waals surface area contributed by atoms with Crippen molar-refractivity contribution in [2.45, 2.75) is 25.8 Å². The first-order valence-electron chi connectivity index (χ1n) is 8.06. The number of piperidine rings is 1. The Morgan fingerprint density at radius 1 is 1.29 bits per heavy atom. The largest absolute Gasteiger partial charge is 0.469 e. The maximum atomic E-state index is 12.2. The Labute approximate surface area is 152 Å². The van der Waals surface area contributed by atoms with Crippen LogP contribution in [0.3, 0.4) is 0 Å². The van der Waals surface area contributed by atoms with Crippen LogP contribution < -0.4 is 10.2 Å². The van der Waals surface area contributed by atoms with Crippen molar-refractivity contribution in [1.29, 1.82) is 0 Å². The van der Waals surface area contributed by atoms with Gasteiger partial charge in [0.25, 0.3) is 5.91 Å². The number of quaternary nitrogens is 1. The summed E-state index contributed by atoms with van der Waals surface area (Å²) in [5.74, 6) is -0.191. The van der Waals surface area contributed by atoms with Crippen molar-refractivity contribution in [3.05, 3.63) is 33.8 Å². The quantitative estimate of drug-likeness (QED) is 0.771. The summed E-state index contributed by atoms with van der Waals surface area (Å²) in [6.07, 6.45) is 1.52. The van der Waals surface area contributed by atoms with Crippen LogP contribution in [-0.2, 0) is 14.3 Å². The molecule has 132 valence electrons. The normalized spacial score (nSPS) is 21.8. The fraction of sp³-hybridized carbons (Fsp3) is 0.529. The van der Waals surface area contributed by atoms with Crippen LogP contribution in [0.5, 0.6) is 0 Å². The molecule has 0 aromatic heterocycles. The monoisotopic (exact) mass is 373 g/mol. The third-order valence-electron chi connectivity index (χ3n) is 4.46. The number of esters is 1. The maximum Gasteiger partial charge on any atom is 0.309 e. The van der Waals surface area contributed by atoms with Gasteiger partial charge in [0.1, 0.15) is 0 Å². The van der Waals surface area contributed by atoms with E-state index in [0.717, 1.165) is 31.5 Å². The number of methoxy groups -OCH3 is 1. The van der Waals surface area contributed by atoms with Gasteiger partial charge in [-0.05, 0) is 24.6 Å². The van der Waals surface area contributed by atoms with E-state index >= 15 is 0 Å². The van der Waals surface area contributed by atoms with Gasteiger partial charge < -0.3 is 15.0 Å². The van der Waals surface area contributed by atoms with E-state index in [9.17, 15) is 9.59 Å². The maximum absolute atomic E-state index is 12.2. The number of likely N-dealkylation sites (tertiary alicyclic amines) is 1. The number of halogens is 2. The number of amides is 1. The van der Waals surface area contributed by atoms with Gasteiger partial charge in [0.2, 0.25) is 0 Å². The standard InChI is InChI=1S/C17H22Cl2N2O3/c1-11(13-3-4-14(18)15(19)9-13)20-16(22)10-21-7-5-12(6-8-21)17(23)24-2/h3-4,9,11-12H,5-8,10H2,1-2H3,(H,20,22)/p+1/t11-/m1/s1. The lowest BCUT2D eigenvalue weighted by Gasteiger charge is -2.27. The first-order valence-corrected chi connectivity index (χ1v) is 8.82. The second kappa shape index (κ2) is 8.70. The second-order valence-electron chi connectivity index (χ2n) is 6.19. The smallest absolute Gasteiger partial charge is 0.309 e. The lowest BCUT2D eigenvalue weighted by atomic mass is 9.97. The van der Waals surface area contributed by atoms with Crippen molar-refractivity contribution < 1.29 is 19.2 Å². The summed E-state index contributed by atoms with van der Waals surface area (Å²) in [4.78, 5) is 24.9. The van der Waals surface area contributed by atoms with E-state index in [1.54, 1.807) is 12.1 Å². The number of hydrogen-bond donors (Lipinski definition) is 2. The van der Waals surface area contributed by atoms with Gasteiger partial charge in [0.05, 0.1) is 42.2 Å². The molecule has 0 unspecified atom stereocenters. The van der Waals surface area contributed by atoms with Crippen molar-refractivity contribution in [2.75, 3.05) is 26.7 Å². The average molecular weight is 374 g/mol. The van der Waals surface area contributed by atoms with Crippen LogP contribution in [0.15, 0.2) is 18.2 Å². The highest BCUT2D eigenvalue weighted by molar-refractivity contribution is 6.42. The molecule has 1 aromatic rings. The fourth-order valence-electron chi connectivity index (χ4n) is 2.99. The summed E-state index contributed by atoms with van der Waals surface area (Å²) < 4.78 is 4.78. The molecule has 1 aromatic carbocycles. The van der Waals surface area contributed by atoms with Crippen molar-refractivity contribution in [3.63, 3.8) is 0 Å². The second-order valence-corrected chi connectivity index (χ2v) is 7.00. The van der Waals surface area contributed by atoms with E-state index in [0.29, 0.717) is 16.6 Å². The Morgan fingerprint density at radius 3 is 2.54 bits per heavy atom. The van der Waals surface area contributed by atoms with E-state index < -0.39 is 0 Å². The van der Waals surface area contributed by atoms with Crippen molar-refractivity contribution >= 4 is 35.1 Å². The molecule has 1 atom stereocenters. The SMILES string of the molecule is COC(=O)C1CC[NH+](CC(=O)N[C@H](C)c2ccc(Cl)c(Cl)c2)CC1. The summed E-state index contributed by atoms with van der Waals surface area (Å²) in [7, 11) is 1.42. The van der Waals surface area contributed by atoms with Crippen molar-refractivity contribution in [2.24, 2.45) is 5.92 Å². The molecular formula is C17H23Cl2N2O3+. The number of rotatable bonds is 5. The van der Waals surface area contributed by atoms with Crippen LogP contribution in [0.2, 0.25) is 10.0 Å². The fourth-order valence-corrected chi connectivity index (χ4v) is 3.30. The Hall–Kier alpha value is -1.30. The minimum absolute atomic E-state index is 0.0138. The Kier molecular flexibility index (Phi) is 6.90. The van der Waals surface area contributed by atoms with Gasteiger partial charge in [-0.15, -0.1) is 0 Å². The van der Waals surface area contributed by atoms with Crippen LogP contribution in [0.25, 0.3) is 0 Å². The van der Waals surface area contributed by atoms with E-state index in [4.69, 9.17) is 27.9 Å². The van der Waals surface area contributed by atoms with Crippen LogP contribution in [0.1, 0.15) is 31.4 Å². The molecule has 0 aliphatic carbocycles. The Bertz CT molecular complexity index is 601. The average Bonchev–Trinajstić information content (AvgIpc) is 2.57. The molecule has 2 rings (SSSR count). The third kappa shape index (κ3) is 5.10. The molecule has 0 radical (unpaired) electrons. The lowest BCUT2D eigenvalue weighted by molar-refractivity contribution is -0.897. The predicted octanol–water partition coefficient (Wildman–Crippen LogP) is 1.64. The summed E-state index contributed by atoms with van der Waals surface area (Å²) in [6, 6.07) is 5.21. The summed E-state index contributed by atoms with van der Waals surface area (Å²) in [5.41, 5.74) is 0.914. The van der Waals surface area contributed by atoms with Gasteiger partial charge in [-0.1, -0.05) is 29.3 Å². The van der Waals surface area contributed by atoms with Crippen LogP contribution >= 0.6 is 23.2 Å². The highest BCUT2D eigenvalue weighted by Crippen LogP contribution is 2.25. The molecule has 2 N–H and O–H groups in total. The van der Waals surface area contributed by atoms with Gasteiger partial charge in [-0.25, -0.2) is 0 Å². The molecule has 1 aliphatic heterocycles. The summed E-state index contributed by atoms with van der Waals surface area (Å²) in [5, 5.41) is 3.96. The van der Waals surface area contributed by atoms with Gasteiger partial charge in [-0.2, -0.15) is 0 Å². The molecule has 0 saturated carbocycles. The lowest BCUT2D eigenvalue weighted by Crippen LogP contribution is -3.14. The van der Waals surface area contributed by atoms with Crippen molar-refractivity contribution in [1.82, 2.24) is 5.32 Å². The molecule has 1 fully saturated rings. The molecule has 0 bridgehead atoms. The zero-order valence-electron chi connectivity index (χ0n) is 13.9. The minimum atomic E-state index is -0.147. The van der Waals surface area contributed by atoms with E-state index in [1.165, 1.54) is 12.0 Å². The molecule has 5 nitrogen and oxygen atoms in total. The molecule has 7 heteroatoms. The van der Waals surface area contributed by atoms with Gasteiger partial charge in [0, 0.05) is 12.8 Å². The Morgan fingerprint density at radius 2 is 1.96 bits per heavy atom. The first-order chi connectivity index (χ1) is 11.4. The van der Waals surface area contributed by atoms with Gasteiger partial charge in [0.15, 0.2) is 6.54 Å². The minimum Gasteiger partial charge on any atom is -0.469 e. The van der Waals surface area contributed by atoms with E-state index in [2.05, 4.69) is 5.32 Å². The highest BCUT2D eigenvalue weighted by Gasteiger charge is 2.29. The van der Waals surface area contributed by atoms with Gasteiger partial charge >= 0.3 is 5.97 Å². The molecule has 24 heavy (non-hydrogen) atoms. The van der Waals surface area contributed by atoms with Gasteiger partial charge in [-0.3, -0.25) is 9.59 Å². The van der Waals surface area contributed by atoms with Crippen LogP contribution in [0.4, 0.5) is 0 Å². The highest BCUT2D eigenvalue weighted by atomic mass is 35.5. The van der Waals surface area contributed by atoms with Crippen LogP contribution in [-0.4, -0.2) is 38.6 Å². The van der Waals surface area contributed by atoms with E-state index in [-0.39, 0.29) is 23.8 Å². The number of carbonyl (C=O) groups excluding carboxylic acids is 2. The van der Waals surface area contributed by atoms with Crippen molar-refractivity contribution in [3.8, 4) is 0 Å². The number of ether oxygens (including phenoxy) is 1. The molecule has 1 saturated heterocycles. The molecule has 0 spiro atoms. The number of nitrogens with one attached hydrogen (secondary N) is 2. The predicted molar refractivity (Wildman–Crippen MR) is 93.3 cm³/mol. The van der Waals surface area contributed by atoms with Crippen LogP contribution in [0, 0.1) is 5.92 Å². The molecule has 1 aliphatic rings. The first kappa shape index (κ1) is 19.0. The molecular weight excluding hydrogens is 351 g/mol. The third-order valence-corrected chi connectivity index (χ3v) is 5.20.